The van der Waals surface area contributed by atoms with Crippen LogP contribution in [0.25, 0.3) is 0 Å². The van der Waals surface area contributed by atoms with E-state index >= 15 is 0 Å². The van der Waals surface area contributed by atoms with Crippen LogP contribution in [0.1, 0.15) is 103 Å². The first-order valence-corrected chi connectivity index (χ1v) is 11.6. The molecule has 0 heterocycles. The van der Waals surface area contributed by atoms with E-state index < -0.39 is 0 Å². The smallest absolute Gasteiger partial charge is 0.135 e. The van der Waals surface area contributed by atoms with Gasteiger partial charge in [-0.3, -0.25) is 4.48 Å². The van der Waals surface area contributed by atoms with Crippen molar-refractivity contribution in [2.75, 3.05) is 19.6 Å². The van der Waals surface area contributed by atoms with Crippen molar-refractivity contribution in [3.8, 4) is 0 Å². The van der Waals surface area contributed by atoms with Gasteiger partial charge in [-0.1, -0.05) is 90.3 Å². The first kappa shape index (κ1) is 26.5. The first-order valence-electron chi connectivity index (χ1n) is 11.6. The highest BCUT2D eigenvalue weighted by Crippen LogP contribution is 2.29. The predicted octanol–water partition coefficient (Wildman–Crippen LogP) is 5.05. The minimum atomic E-state index is 0. The van der Waals surface area contributed by atoms with Crippen molar-refractivity contribution in [2.24, 2.45) is 0 Å². The van der Waals surface area contributed by atoms with Crippen LogP contribution in [0.15, 0.2) is 24.3 Å². The molecule has 1 rings (SSSR count). The molecule has 0 aliphatic rings. The van der Waals surface area contributed by atoms with Crippen molar-refractivity contribution in [1.82, 2.24) is 4.48 Å². The number of unbranched alkanes of at least 4 members (excludes halogenated alkanes) is 9. The van der Waals surface area contributed by atoms with Gasteiger partial charge in [-0.25, -0.2) is 0 Å². The highest BCUT2D eigenvalue weighted by molar-refractivity contribution is 5.49. The second kappa shape index (κ2) is 16.4. The predicted molar refractivity (Wildman–Crippen MR) is 120 cm³/mol. The van der Waals surface area contributed by atoms with Crippen LogP contribution in [-0.2, 0) is 0 Å². The molecule has 0 N–H and O–H groups in total. The van der Waals surface area contributed by atoms with Gasteiger partial charge in [0.05, 0.1) is 19.6 Å². The van der Waals surface area contributed by atoms with Gasteiger partial charge in [-0.05, 0) is 38.7 Å². The molecule has 0 amide bonds. The third kappa shape index (κ3) is 9.99. The maximum atomic E-state index is 2.39. The number of nitrogens with zero attached hydrogens (tertiary/aromatic N) is 1. The fraction of sp³-hybridized carbons (Fsp3) is 0.760. The monoisotopic (exact) mass is 395 g/mol. The SMILES string of the molecule is CCCCCCCCCCCC[N+](CCC)(CCC)c1ccccc1C.[Cl-]. The van der Waals surface area contributed by atoms with E-state index in [2.05, 4.69) is 52.0 Å². The summed E-state index contributed by atoms with van der Waals surface area (Å²) in [5.41, 5.74) is 3.05. The summed E-state index contributed by atoms with van der Waals surface area (Å²) in [5.74, 6) is 0. The molecule has 0 atom stereocenters. The van der Waals surface area contributed by atoms with Crippen LogP contribution in [-0.4, -0.2) is 19.6 Å². The molecule has 1 nitrogen and oxygen atoms in total. The average molecular weight is 396 g/mol. The molecular formula is C25H46ClN. The van der Waals surface area contributed by atoms with Crippen LogP contribution >= 0.6 is 0 Å². The highest BCUT2D eigenvalue weighted by Gasteiger charge is 2.29. The number of hydrogen-bond donors (Lipinski definition) is 0. The van der Waals surface area contributed by atoms with E-state index in [9.17, 15) is 0 Å². The van der Waals surface area contributed by atoms with E-state index in [1.54, 1.807) is 5.69 Å². The number of para-hydroxylation sites is 1. The Labute approximate surface area is 176 Å². The Balaban J connectivity index is 0.00000676. The minimum absolute atomic E-state index is 0. The summed E-state index contributed by atoms with van der Waals surface area (Å²) in [6, 6.07) is 9.11. The van der Waals surface area contributed by atoms with Crippen LogP contribution in [0.4, 0.5) is 5.69 Å². The van der Waals surface area contributed by atoms with E-state index in [1.807, 2.05) is 0 Å². The lowest BCUT2D eigenvalue weighted by molar-refractivity contribution is -0.00000584. The maximum absolute atomic E-state index is 2.39. The Morgan fingerprint density at radius 1 is 0.593 bits per heavy atom. The Morgan fingerprint density at radius 3 is 1.56 bits per heavy atom. The summed E-state index contributed by atoms with van der Waals surface area (Å²) in [4.78, 5) is 0. The van der Waals surface area contributed by atoms with Gasteiger partial charge < -0.3 is 12.4 Å². The lowest BCUT2D eigenvalue weighted by atomic mass is 10.0. The van der Waals surface area contributed by atoms with Gasteiger partial charge in [-0.2, -0.15) is 0 Å². The molecule has 0 radical (unpaired) electrons. The maximum Gasteiger partial charge on any atom is 0.135 e. The number of benzene rings is 1. The van der Waals surface area contributed by atoms with Gasteiger partial charge in [0.25, 0.3) is 0 Å². The van der Waals surface area contributed by atoms with Crippen LogP contribution in [0.2, 0.25) is 0 Å². The van der Waals surface area contributed by atoms with E-state index in [4.69, 9.17) is 0 Å². The van der Waals surface area contributed by atoms with Gasteiger partial charge in [0.15, 0.2) is 0 Å². The van der Waals surface area contributed by atoms with Crippen LogP contribution in [0.3, 0.4) is 0 Å². The molecule has 0 aliphatic heterocycles. The summed E-state index contributed by atoms with van der Waals surface area (Å²) < 4.78 is 1.21. The number of quaternary nitrogens is 1. The topological polar surface area (TPSA) is 0 Å². The Bertz CT molecular complexity index is 451. The average Bonchev–Trinajstić information content (AvgIpc) is 2.64. The van der Waals surface area contributed by atoms with E-state index in [-0.39, 0.29) is 12.4 Å². The van der Waals surface area contributed by atoms with Crippen molar-refractivity contribution < 1.29 is 12.4 Å². The zero-order valence-corrected chi connectivity index (χ0v) is 19.5. The molecule has 0 unspecified atom stereocenters. The van der Waals surface area contributed by atoms with E-state index in [1.165, 1.54) is 107 Å². The van der Waals surface area contributed by atoms with Gasteiger partial charge in [-0.15, -0.1) is 0 Å². The van der Waals surface area contributed by atoms with Gasteiger partial charge in [0.1, 0.15) is 5.69 Å². The summed E-state index contributed by atoms with van der Waals surface area (Å²) in [6.45, 7) is 13.2. The molecule has 0 saturated carbocycles. The zero-order chi connectivity index (χ0) is 19.1. The van der Waals surface area contributed by atoms with Crippen LogP contribution in [0.5, 0.6) is 0 Å². The van der Waals surface area contributed by atoms with Crippen molar-refractivity contribution in [3.05, 3.63) is 29.8 Å². The standard InChI is InChI=1S/C25H46N.ClH/c1-5-8-9-10-11-12-13-14-15-18-23-26(21-6-2,22-7-3)25-20-17-16-19-24(25)4;/h16-17,19-20H,5-15,18,21-23H2,1-4H3;1H/q+1;/p-1. The van der Waals surface area contributed by atoms with Gasteiger partial charge in [0, 0.05) is 5.56 Å². The summed E-state index contributed by atoms with van der Waals surface area (Å²) in [7, 11) is 0. The number of aryl methyl sites for hydroxylation is 1. The summed E-state index contributed by atoms with van der Waals surface area (Å²) >= 11 is 0. The number of hydrogen-bond acceptors (Lipinski definition) is 0. The Hall–Kier alpha value is -0.530. The second-order valence-electron chi connectivity index (χ2n) is 8.28. The molecule has 1 aromatic rings. The summed E-state index contributed by atoms with van der Waals surface area (Å²) in [6.07, 6.45) is 16.8. The highest BCUT2D eigenvalue weighted by atomic mass is 35.5. The van der Waals surface area contributed by atoms with Gasteiger partial charge in [0.2, 0.25) is 0 Å². The zero-order valence-electron chi connectivity index (χ0n) is 18.7. The Morgan fingerprint density at radius 2 is 1.07 bits per heavy atom. The molecule has 1 aromatic carbocycles. The van der Waals surface area contributed by atoms with Crippen molar-refractivity contribution in [3.63, 3.8) is 0 Å². The third-order valence-corrected chi connectivity index (χ3v) is 5.87. The van der Waals surface area contributed by atoms with E-state index in [0.717, 1.165) is 0 Å². The van der Waals surface area contributed by atoms with Crippen LogP contribution < -0.4 is 16.9 Å². The molecule has 2 heteroatoms. The second-order valence-corrected chi connectivity index (χ2v) is 8.28. The normalized spacial score (nSPS) is 11.4. The summed E-state index contributed by atoms with van der Waals surface area (Å²) in [5, 5.41) is 0. The number of halogens is 1. The molecule has 0 spiro atoms. The molecule has 0 saturated heterocycles. The molecule has 0 aliphatic carbocycles. The number of rotatable bonds is 16. The van der Waals surface area contributed by atoms with Crippen molar-refractivity contribution >= 4 is 5.69 Å². The van der Waals surface area contributed by atoms with Gasteiger partial charge >= 0.3 is 0 Å². The molecule has 27 heavy (non-hydrogen) atoms. The quantitative estimate of drug-likeness (QED) is 0.271. The largest absolute Gasteiger partial charge is 1.00 e. The van der Waals surface area contributed by atoms with E-state index in [0.29, 0.717) is 0 Å². The molecular weight excluding hydrogens is 350 g/mol. The fourth-order valence-corrected chi connectivity index (χ4v) is 4.55. The molecule has 0 fully saturated rings. The van der Waals surface area contributed by atoms with Crippen molar-refractivity contribution in [2.45, 2.75) is 105 Å². The molecule has 158 valence electrons. The fourth-order valence-electron chi connectivity index (χ4n) is 4.55. The molecule has 0 aromatic heterocycles. The lowest BCUT2D eigenvalue weighted by Crippen LogP contribution is -3.00. The van der Waals surface area contributed by atoms with Crippen LogP contribution in [0, 0.1) is 6.92 Å². The first-order chi connectivity index (χ1) is 12.7. The minimum Gasteiger partial charge on any atom is -1.00 e. The van der Waals surface area contributed by atoms with Crippen molar-refractivity contribution in [1.29, 1.82) is 0 Å². The third-order valence-electron chi connectivity index (χ3n) is 5.87. The molecule has 0 bridgehead atoms. The lowest BCUT2D eigenvalue weighted by Gasteiger charge is -2.39. The Kier molecular flexibility index (Phi) is 16.1.